The van der Waals surface area contributed by atoms with Crippen molar-refractivity contribution in [2.45, 2.75) is 75.7 Å². The van der Waals surface area contributed by atoms with E-state index in [-0.39, 0.29) is 36.5 Å². The summed E-state index contributed by atoms with van der Waals surface area (Å²) in [5.41, 5.74) is -0.315. The lowest BCUT2D eigenvalue weighted by Gasteiger charge is -2.34. The van der Waals surface area contributed by atoms with Crippen molar-refractivity contribution in [1.82, 2.24) is 9.80 Å². The maximum Gasteiger partial charge on any atom is 0.307 e. The minimum atomic E-state index is -1.26. The van der Waals surface area contributed by atoms with E-state index in [0.717, 1.165) is 31.2 Å². The fraction of sp³-hybridized carbons (Fsp3) is 0.565. The summed E-state index contributed by atoms with van der Waals surface area (Å²) in [5.74, 6) is -1.59. The van der Waals surface area contributed by atoms with Crippen LogP contribution in [0.1, 0.15) is 51.0 Å². The van der Waals surface area contributed by atoms with Crippen molar-refractivity contribution >= 4 is 23.6 Å². The summed E-state index contributed by atoms with van der Waals surface area (Å²) in [6.07, 6.45) is 3.84. The van der Waals surface area contributed by atoms with E-state index >= 15 is 0 Å². The molecule has 0 aromatic heterocycles. The number of esters is 1. The van der Waals surface area contributed by atoms with Gasteiger partial charge in [0.1, 0.15) is 5.78 Å². The van der Waals surface area contributed by atoms with Gasteiger partial charge in [-0.1, -0.05) is 43.2 Å². The van der Waals surface area contributed by atoms with Gasteiger partial charge >= 0.3 is 5.97 Å². The van der Waals surface area contributed by atoms with Crippen LogP contribution in [0, 0.1) is 5.92 Å². The molecule has 0 N–H and O–H groups in total. The predicted molar refractivity (Wildman–Crippen MR) is 106 cm³/mol. The molecule has 3 saturated heterocycles. The summed E-state index contributed by atoms with van der Waals surface area (Å²) in [7, 11) is 0. The van der Waals surface area contributed by atoms with Crippen LogP contribution in [0.2, 0.25) is 0 Å². The van der Waals surface area contributed by atoms with Gasteiger partial charge in [-0.2, -0.15) is 0 Å². The Morgan fingerprint density at radius 3 is 2.47 bits per heavy atom. The maximum absolute atomic E-state index is 13.8. The maximum atomic E-state index is 13.8. The van der Waals surface area contributed by atoms with Crippen LogP contribution < -0.4 is 0 Å². The highest BCUT2D eigenvalue weighted by atomic mass is 16.6. The lowest BCUT2D eigenvalue weighted by atomic mass is 9.79. The van der Waals surface area contributed by atoms with E-state index in [1.165, 1.54) is 6.92 Å². The SMILES string of the molecule is CC(=O)C[C@@H]1N(Cc2ccccc2)C(=O)[C@@H]2N(C3CCCC3)C(=O)[C@@H]3CC(=O)O[C@@]123. The molecule has 7 nitrogen and oxygen atoms in total. The normalized spacial score (nSPS) is 33.2. The molecule has 4 fully saturated rings. The number of carbonyl (C=O) groups is 4. The summed E-state index contributed by atoms with van der Waals surface area (Å²) < 4.78 is 5.89. The summed E-state index contributed by atoms with van der Waals surface area (Å²) in [4.78, 5) is 55.2. The number of ketones is 1. The van der Waals surface area contributed by atoms with Crippen molar-refractivity contribution in [3.63, 3.8) is 0 Å². The van der Waals surface area contributed by atoms with Crippen molar-refractivity contribution < 1.29 is 23.9 Å². The summed E-state index contributed by atoms with van der Waals surface area (Å²) in [6, 6.07) is 8.14. The van der Waals surface area contributed by atoms with Gasteiger partial charge in [-0.3, -0.25) is 19.2 Å². The van der Waals surface area contributed by atoms with Crippen LogP contribution in [0.3, 0.4) is 0 Å². The molecule has 0 radical (unpaired) electrons. The molecule has 30 heavy (non-hydrogen) atoms. The lowest BCUT2D eigenvalue weighted by molar-refractivity contribution is -0.154. The zero-order valence-electron chi connectivity index (χ0n) is 17.1. The molecule has 0 bridgehead atoms. The van der Waals surface area contributed by atoms with Gasteiger partial charge < -0.3 is 14.5 Å². The largest absolute Gasteiger partial charge is 0.453 e. The first-order chi connectivity index (χ1) is 14.4. The third-order valence-corrected chi connectivity index (χ3v) is 7.27. The summed E-state index contributed by atoms with van der Waals surface area (Å²) in [6.45, 7) is 1.80. The van der Waals surface area contributed by atoms with E-state index < -0.39 is 29.6 Å². The number of carbonyl (C=O) groups excluding carboxylic acids is 4. The van der Waals surface area contributed by atoms with Crippen LogP contribution in [-0.2, 0) is 30.5 Å². The molecule has 4 aliphatic rings. The number of Topliss-reactive ketones (excluding diaryl/α,β-unsaturated/α-hetero) is 1. The Balaban J connectivity index is 1.60. The van der Waals surface area contributed by atoms with E-state index in [0.29, 0.717) is 6.54 Å². The highest BCUT2D eigenvalue weighted by molar-refractivity contribution is 6.02. The van der Waals surface area contributed by atoms with Gasteiger partial charge in [0.2, 0.25) is 11.8 Å². The van der Waals surface area contributed by atoms with Crippen molar-refractivity contribution in [3.05, 3.63) is 35.9 Å². The number of hydrogen-bond donors (Lipinski definition) is 0. The smallest absolute Gasteiger partial charge is 0.307 e. The van der Waals surface area contributed by atoms with Gasteiger partial charge in [-0.15, -0.1) is 0 Å². The Morgan fingerprint density at radius 1 is 1.10 bits per heavy atom. The van der Waals surface area contributed by atoms with E-state index in [1.807, 2.05) is 30.3 Å². The first kappa shape index (κ1) is 19.3. The second-order valence-electron chi connectivity index (χ2n) is 9.04. The van der Waals surface area contributed by atoms with Gasteiger partial charge in [-0.25, -0.2) is 0 Å². The lowest BCUT2D eigenvalue weighted by Crippen LogP contribution is -2.53. The molecule has 2 amide bonds. The second-order valence-corrected chi connectivity index (χ2v) is 9.04. The zero-order valence-corrected chi connectivity index (χ0v) is 17.1. The fourth-order valence-electron chi connectivity index (χ4n) is 6.12. The molecule has 158 valence electrons. The summed E-state index contributed by atoms with van der Waals surface area (Å²) in [5, 5.41) is 0. The Kier molecular flexibility index (Phi) is 4.45. The van der Waals surface area contributed by atoms with Crippen LogP contribution in [0.25, 0.3) is 0 Å². The third-order valence-electron chi connectivity index (χ3n) is 7.27. The molecule has 4 atom stereocenters. The minimum Gasteiger partial charge on any atom is -0.453 e. The van der Waals surface area contributed by atoms with Crippen molar-refractivity contribution in [2.75, 3.05) is 0 Å². The van der Waals surface area contributed by atoms with Crippen LogP contribution in [-0.4, -0.2) is 57.1 Å². The first-order valence-electron chi connectivity index (χ1n) is 10.8. The van der Waals surface area contributed by atoms with Gasteiger partial charge in [0.05, 0.1) is 18.4 Å². The topological polar surface area (TPSA) is 84.0 Å². The molecule has 0 unspecified atom stereocenters. The molecule has 1 aromatic rings. The van der Waals surface area contributed by atoms with E-state index in [2.05, 4.69) is 0 Å². The second kappa shape index (κ2) is 6.93. The quantitative estimate of drug-likeness (QED) is 0.692. The van der Waals surface area contributed by atoms with Gasteiger partial charge in [0.15, 0.2) is 11.6 Å². The molecule has 1 saturated carbocycles. The Morgan fingerprint density at radius 2 is 1.80 bits per heavy atom. The monoisotopic (exact) mass is 410 g/mol. The van der Waals surface area contributed by atoms with Crippen molar-refractivity contribution in [3.8, 4) is 0 Å². The molecule has 5 rings (SSSR count). The third kappa shape index (κ3) is 2.63. The highest BCUT2D eigenvalue weighted by Gasteiger charge is 2.77. The number of benzene rings is 1. The fourth-order valence-corrected chi connectivity index (χ4v) is 6.12. The number of nitrogens with zero attached hydrogens (tertiary/aromatic N) is 2. The van der Waals surface area contributed by atoms with Crippen LogP contribution in [0.5, 0.6) is 0 Å². The molecule has 3 aliphatic heterocycles. The minimum absolute atomic E-state index is 0.00211. The van der Waals surface area contributed by atoms with Crippen LogP contribution in [0.4, 0.5) is 0 Å². The molecule has 3 heterocycles. The molecular formula is C23H26N2O5. The number of amides is 2. The van der Waals surface area contributed by atoms with E-state index in [9.17, 15) is 19.2 Å². The Bertz CT molecular complexity index is 909. The van der Waals surface area contributed by atoms with Crippen molar-refractivity contribution in [1.29, 1.82) is 0 Å². The molecular weight excluding hydrogens is 384 g/mol. The number of ether oxygens (including phenoxy) is 1. The van der Waals surface area contributed by atoms with Gasteiger partial charge in [-0.05, 0) is 25.3 Å². The van der Waals surface area contributed by atoms with E-state index in [4.69, 9.17) is 4.74 Å². The highest BCUT2D eigenvalue weighted by Crippen LogP contribution is 2.55. The summed E-state index contributed by atoms with van der Waals surface area (Å²) >= 11 is 0. The first-order valence-corrected chi connectivity index (χ1v) is 10.8. The van der Waals surface area contributed by atoms with Gasteiger partial charge in [0.25, 0.3) is 0 Å². The Hall–Kier alpha value is -2.70. The number of rotatable bonds is 5. The molecule has 1 spiro atoms. The molecule has 1 aromatic carbocycles. The number of likely N-dealkylation sites (tertiary alicyclic amines) is 2. The van der Waals surface area contributed by atoms with Crippen LogP contribution in [0.15, 0.2) is 30.3 Å². The number of hydrogen-bond acceptors (Lipinski definition) is 5. The van der Waals surface area contributed by atoms with Crippen molar-refractivity contribution in [2.24, 2.45) is 5.92 Å². The molecule has 1 aliphatic carbocycles. The zero-order chi connectivity index (χ0) is 21.0. The predicted octanol–water partition coefficient (Wildman–Crippen LogP) is 1.83. The van der Waals surface area contributed by atoms with Crippen LogP contribution >= 0.6 is 0 Å². The average molecular weight is 410 g/mol. The molecule has 7 heteroatoms. The average Bonchev–Trinajstić information content (AvgIpc) is 3.43. The van der Waals surface area contributed by atoms with Gasteiger partial charge in [0, 0.05) is 19.0 Å². The van der Waals surface area contributed by atoms with E-state index in [1.54, 1.807) is 9.80 Å². The standard InChI is InChI=1S/C23H26N2O5/c1-14(26)11-18-23-17(12-19(27)30-23)21(28)25(16-9-5-6-10-16)20(23)22(29)24(18)13-15-7-3-2-4-8-15/h2-4,7-8,16-18,20H,5-6,9-13H2,1H3/t17-,18-,20-,23-/m0/s1. The Labute approximate surface area is 175 Å².